The minimum Gasteiger partial charge on any atom is -0.388 e. The normalized spacial score (nSPS) is 24.5. The predicted molar refractivity (Wildman–Crippen MR) is 53.9 cm³/mol. The lowest BCUT2D eigenvalue weighted by atomic mass is 9.88. The first-order valence-corrected chi connectivity index (χ1v) is 4.85. The molecule has 1 aromatic carbocycles. The van der Waals surface area contributed by atoms with Crippen molar-refractivity contribution < 1.29 is 5.11 Å². The van der Waals surface area contributed by atoms with Crippen LogP contribution in [0.4, 0.5) is 0 Å². The van der Waals surface area contributed by atoms with E-state index in [1.54, 1.807) is 0 Å². The number of aliphatic hydroxyl groups is 1. The largest absolute Gasteiger partial charge is 0.388 e. The van der Waals surface area contributed by atoms with Crippen molar-refractivity contribution >= 4 is 11.6 Å². The van der Waals surface area contributed by atoms with Crippen LogP contribution in [-0.4, -0.2) is 5.11 Å². The Labute approximate surface area is 83.3 Å². The van der Waals surface area contributed by atoms with Crippen molar-refractivity contribution in [3.63, 3.8) is 0 Å². The molecule has 2 heteroatoms. The SMILES string of the molecule is CC1(C)Cc2cc(Cl)ccc2C1O. The summed E-state index contributed by atoms with van der Waals surface area (Å²) in [6.07, 6.45) is 0.559. The van der Waals surface area contributed by atoms with Crippen molar-refractivity contribution in [2.45, 2.75) is 26.4 Å². The van der Waals surface area contributed by atoms with E-state index in [2.05, 4.69) is 13.8 Å². The van der Waals surface area contributed by atoms with Crippen molar-refractivity contribution in [3.8, 4) is 0 Å². The Morgan fingerprint density at radius 1 is 1.46 bits per heavy atom. The molecule has 1 aliphatic carbocycles. The molecule has 0 amide bonds. The lowest BCUT2D eigenvalue weighted by molar-refractivity contribution is 0.0666. The summed E-state index contributed by atoms with van der Waals surface area (Å²) in [7, 11) is 0. The third-order valence-electron chi connectivity index (χ3n) is 2.79. The number of rotatable bonds is 0. The molecule has 0 heterocycles. The molecule has 1 N–H and O–H groups in total. The summed E-state index contributed by atoms with van der Waals surface area (Å²) in [4.78, 5) is 0. The van der Waals surface area contributed by atoms with Gasteiger partial charge in [-0.2, -0.15) is 0 Å². The molecule has 0 radical (unpaired) electrons. The molecule has 70 valence electrons. The number of hydrogen-bond acceptors (Lipinski definition) is 1. The number of benzene rings is 1. The lowest BCUT2D eigenvalue weighted by Gasteiger charge is -2.22. The molecule has 0 fully saturated rings. The number of fused-ring (bicyclic) bond motifs is 1. The van der Waals surface area contributed by atoms with Crippen LogP contribution in [0.3, 0.4) is 0 Å². The van der Waals surface area contributed by atoms with Gasteiger partial charge in [-0.15, -0.1) is 0 Å². The molecule has 0 spiro atoms. The van der Waals surface area contributed by atoms with Crippen LogP contribution in [0.2, 0.25) is 5.02 Å². The highest BCUT2D eigenvalue weighted by atomic mass is 35.5. The fraction of sp³-hybridized carbons (Fsp3) is 0.455. The van der Waals surface area contributed by atoms with Gasteiger partial charge in [0.25, 0.3) is 0 Å². The van der Waals surface area contributed by atoms with Gasteiger partial charge in [-0.25, -0.2) is 0 Å². The van der Waals surface area contributed by atoms with Gasteiger partial charge >= 0.3 is 0 Å². The van der Waals surface area contributed by atoms with Gasteiger partial charge in [-0.05, 0) is 35.1 Å². The summed E-state index contributed by atoms with van der Waals surface area (Å²) in [6.45, 7) is 4.15. The number of aliphatic hydroxyl groups excluding tert-OH is 1. The smallest absolute Gasteiger partial charge is 0.0846 e. The van der Waals surface area contributed by atoms with Gasteiger partial charge < -0.3 is 5.11 Å². The zero-order valence-electron chi connectivity index (χ0n) is 7.84. The van der Waals surface area contributed by atoms with Crippen LogP contribution < -0.4 is 0 Å². The average Bonchev–Trinajstić information content (AvgIpc) is 2.22. The summed E-state index contributed by atoms with van der Waals surface area (Å²) in [5.41, 5.74) is 2.17. The van der Waals surface area contributed by atoms with E-state index in [-0.39, 0.29) is 11.5 Å². The van der Waals surface area contributed by atoms with E-state index in [1.807, 2.05) is 18.2 Å². The summed E-state index contributed by atoms with van der Waals surface area (Å²) < 4.78 is 0. The first-order chi connectivity index (χ1) is 6.00. The zero-order chi connectivity index (χ0) is 9.64. The van der Waals surface area contributed by atoms with Gasteiger partial charge in [-0.3, -0.25) is 0 Å². The molecule has 0 aliphatic heterocycles. The minimum atomic E-state index is -0.347. The van der Waals surface area contributed by atoms with E-state index < -0.39 is 0 Å². The lowest BCUT2D eigenvalue weighted by Crippen LogP contribution is -2.16. The quantitative estimate of drug-likeness (QED) is 0.677. The van der Waals surface area contributed by atoms with Crippen molar-refractivity contribution in [3.05, 3.63) is 34.3 Å². The molecule has 0 saturated heterocycles. The van der Waals surface area contributed by atoms with Crippen LogP contribution in [0.1, 0.15) is 31.1 Å². The summed E-state index contributed by atoms with van der Waals surface area (Å²) >= 11 is 5.88. The Morgan fingerprint density at radius 3 is 2.85 bits per heavy atom. The van der Waals surface area contributed by atoms with Gasteiger partial charge in [0.1, 0.15) is 0 Å². The summed E-state index contributed by atoms with van der Waals surface area (Å²) in [6, 6.07) is 5.72. The fourth-order valence-electron chi connectivity index (χ4n) is 2.00. The van der Waals surface area contributed by atoms with E-state index in [0.29, 0.717) is 0 Å². The molecule has 2 rings (SSSR count). The standard InChI is InChI=1S/C11H13ClO/c1-11(2)6-7-5-8(12)3-4-9(7)10(11)13/h3-5,10,13H,6H2,1-2H3. The third kappa shape index (κ3) is 1.36. The highest BCUT2D eigenvalue weighted by molar-refractivity contribution is 6.30. The van der Waals surface area contributed by atoms with E-state index in [1.165, 1.54) is 5.56 Å². The monoisotopic (exact) mass is 196 g/mol. The molecule has 1 aliphatic rings. The second-order valence-corrected chi connectivity index (χ2v) is 4.85. The molecule has 1 aromatic rings. The molecule has 1 atom stereocenters. The highest BCUT2D eigenvalue weighted by Gasteiger charge is 2.37. The van der Waals surface area contributed by atoms with Gasteiger partial charge in [-0.1, -0.05) is 31.5 Å². The predicted octanol–water partition coefficient (Wildman–Crippen LogP) is 2.96. The zero-order valence-corrected chi connectivity index (χ0v) is 8.60. The summed E-state index contributed by atoms with van der Waals surface area (Å²) in [5, 5.41) is 10.7. The van der Waals surface area contributed by atoms with Gasteiger partial charge in [0, 0.05) is 5.02 Å². The van der Waals surface area contributed by atoms with Gasteiger partial charge in [0.2, 0.25) is 0 Å². The molecule has 13 heavy (non-hydrogen) atoms. The molecular weight excluding hydrogens is 184 g/mol. The third-order valence-corrected chi connectivity index (χ3v) is 3.02. The second kappa shape index (κ2) is 2.73. The number of hydrogen-bond donors (Lipinski definition) is 1. The van der Waals surface area contributed by atoms with E-state index in [4.69, 9.17) is 11.6 Å². The highest BCUT2D eigenvalue weighted by Crippen LogP contribution is 2.45. The van der Waals surface area contributed by atoms with Crippen LogP contribution in [0.25, 0.3) is 0 Å². The maximum atomic E-state index is 9.96. The maximum absolute atomic E-state index is 9.96. The van der Waals surface area contributed by atoms with Crippen LogP contribution in [-0.2, 0) is 6.42 Å². The van der Waals surface area contributed by atoms with Crippen molar-refractivity contribution in [2.24, 2.45) is 5.41 Å². The van der Waals surface area contributed by atoms with Gasteiger partial charge in [0.15, 0.2) is 0 Å². The van der Waals surface area contributed by atoms with Crippen molar-refractivity contribution in [1.82, 2.24) is 0 Å². The average molecular weight is 197 g/mol. The maximum Gasteiger partial charge on any atom is 0.0846 e. The molecule has 0 aromatic heterocycles. The van der Waals surface area contributed by atoms with E-state index in [0.717, 1.165) is 17.0 Å². The second-order valence-electron chi connectivity index (χ2n) is 4.41. The molecular formula is C11H13ClO. The van der Waals surface area contributed by atoms with Crippen LogP contribution >= 0.6 is 11.6 Å². The molecule has 1 nitrogen and oxygen atoms in total. The van der Waals surface area contributed by atoms with E-state index in [9.17, 15) is 5.11 Å². The van der Waals surface area contributed by atoms with Crippen LogP contribution in [0.15, 0.2) is 18.2 Å². The van der Waals surface area contributed by atoms with Gasteiger partial charge in [0.05, 0.1) is 6.10 Å². The minimum absolute atomic E-state index is 0.0486. The molecule has 1 unspecified atom stereocenters. The topological polar surface area (TPSA) is 20.2 Å². The van der Waals surface area contributed by atoms with Crippen LogP contribution in [0.5, 0.6) is 0 Å². The van der Waals surface area contributed by atoms with Crippen LogP contribution in [0, 0.1) is 5.41 Å². The first kappa shape index (κ1) is 9.04. The summed E-state index contributed by atoms with van der Waals surface area (Å²) in [5.74, 6) is 0. The Kier molecular flexibility index (Phi) is 1.90. The molecule has 0 bridgehead atoms. The van der Waals surface area contributed by atoms with Crippen molar-refractivity contribution in [1.29, 1.82) is 0 Å². The van der Waals surface area contributed by atoms with Crippen molar-refractivity contribution in [2.75, 3.05) is 0 Å². The number of halogens is 1. The Bertz CT molecular complexity index is 344. The Hall–Kier alpha value is -0.530. The Morgan fingerprint density at radius 2 is 2.15 bits per heavy atom. The molecule has 0 saturated carbocycles. The first-order valence-electron chi connectivity index (χ1n) is 4.47. The fourth-order valence-corrected chi connectivity index (χ4v) is 2.20. The van der Waals surface area contributed by atoms with E-state index >= 15 is 0 Å². The Balaban J connectivity index is 2.50.